The second kappa shape index (κ2) is 11.9. The zero-order chi connectivity index (χ0) is 25.3. The number of benzene rings is 2. The van der Waals surface area contributed by atoms with Crippen LogP contribution >= 0.6 is 0 Å². The molecule has 0 saturated carbocycles. The molecule has 0 atom stereocenters. The molecule has 2 aromatic carbocycles. The molecule has 0 bridgehead atoms. The lowest BCUT2D eigenvalue weighted by Crippen LogP contribution is -2.27. The van der Waals surface area contributed by atoms with Gasteiger partial charge in [0.05, 0.1) is 26.5 Å². The molecule has 0 heterocycles. The van der Waals surface area contributed by atoms with Gasteiger partial charge in [0.25, 0.3) is 0 Å². The third-order valence-corrected chi connectivity index (χ3v) is 4.49. The Labute approximate surface area is 199 Å². The predicted octanol–water partition coefficient (Wildman–Crippen LogP) is 5.05. The smallest absolute Gasteiger partial charge is 0.412 e. The molecule has 0 spiro atoms. The first-order valence-corrected chi connectivity index (χ1v) is 10.8. The van der Waals surface area contributed by atoms with Gasteiger partial charge < -0.3 is 24.3 Å². The molecule has 0 aliphatic carbocycles. The Balaban J connectivity index is 1.90. The summed E-state index contributed by atoms with van der Waals surface area (Å²) in [6.45, 7) is 7.06. The molecule has 9 nitrogen and oxygen atoms in total. The average Bonchev–Trinajstić information content (AvgIpc) is 2.75. The summed E-state index contributed by atoms with van der Waals surface area (Å²) in [4.78, 5) is 36.0. The summed E-state index contributed by atoms with van der Waals surface area (Å²) in [7, 11) is 2.98. The van der Waals surface area contributed by atoms with Gasteiger partial charge in [-0.3, -0.25) is 14.9 Å². The van der Waals surface area contributed by atoms with Crippen molar-refractivity contribution < 1.29 is 33.3 Å². The number of hydrogen-bond donors (Lipinski definition) is 2. The molecule has 2 N–H and O–H groups in total. The topological polar surface area (TPSA) is 112 Å². The molecule has 184 valence electrons. The van der Waals surface area contributed by atoms with E-state index in [0.29, 0.717) is 40.6 Å². The van der Waals surface area contributed by atoms with Crippen LogP contribution in [0.2, 0.25) is 0 Å². The molecule has 0 saturated heterocycles. The van der Waals surface area contributed by atoms with Crippen LogP contribution in [0, 0.1) is 0 Å². The Morgan fingerprint density at radius 3 is 2.18 bits per heavy atom. The average molecular weight is 473 g/mol. The quantitative estimate of drug-likeness (QED) is 0.367. The summed E-state index contributed by atoms with van der Waals surface area (Å²) in [5.41, 5.74) is 0.756. The second-order valence-electron chi connectivity index (χ2n) is 8.46. The molecule has 34 heavy (non-hydrogen) atoms. The Morgan fingerprint density at radius 2 is 1.56 bits per heavy atom. The fourth-order valence-corrected chi connectivity index (χ4v) is 2.94. The summed E-state index contributed by atoms with van der Waals surface area (Å²) in [5, 5.41) is 5.43. The molecule has 9 heteroatoms. The van der Waals surface area contributed by atoms with Gasteiger partial charge in [0.1, 0.15) is 11.4 Å². The lowest BCUT2D eigenvalue weighted by molar-refractivity contribution is -0.116. The van der Waals surface area contributed by atoms with Crippen molar-refractivity contribution in [3.63, 3.8) is 0 Å². The Bertz CT molecular complexity index is 1030. The van der Waals surface area contributed by atoms with Crippen LogP contribution in [0.15, 0.2) is 36.4 Å². The van der Waals surface area contributed by atoms with Gasteiger partial charge in [-0.05, 0) is 70.5 Å². The van der Waals surface area contributed by atoms with Crippen molar-refractivity contribution in [1.29, 1.82) is 0 Å². The minimum absolute atomic E-state index is 0.0653. The standard InChI is InChI=1S/C25H32N2O7/c1-16(28)17-9-11-21(22(14-17)32-6)33-13-7-8-23(29)26-18-10-12-20(31-5)19(15-18)27-24(30)34-25(2,3)4/h9-12,14-15H,7-8,13H2,1-6H3,(H,26,29)(H,27,30). The molecule has 0 unspecified atom stereocenters. The van der Waals surface area contributed by atoms with Crippen LogP contribution < -0.4 is 24.8 Å². The number of carbonyl (C=O) groups is 3. The summed E-state index contributed by atoms with van der Waals surface area (Å²) in [5.74, 6) is 1.11. The fraction of sp³-hybridized carbons (Fsp3) is 0.400. The van der Waals surface area contributed by atoms with E-state index in [0.717, 1.165) is 0 Å². The highest BCUT2D eigenvalue weighted by Crippen LogP contribution is 2.29. The fourth-order valence-electron chi connectivity index (χ4n) is 2.94. The molecule has 0 aliphatic rings. The van der Waals surface area contributed by atoms with Crippen molar-refractivity contribution >= 4 is 29.2 Å². The number of Topliss-reactive ketones (excluding diaryl/α,β-unsaturated/α-hetero) is 1. The molecular weight excluding hydrogens is 440 g/mol. The second-order valence-corrected chi connectivity index (χ2v) is 8.46. The maximum atomic E-state index is 12.4. The van der Waals surface area contributed by atoms with Crippen LogP contribution in [-0.2, 0) is 9.53 Å². The first-order chi connectivity index (χ1) is 16.0. The Morgan fingerprint density at radius 1 is 0.882 bits per heavy atom. The molecule has 0 aromatic heterocycles. The van der Waals surface area contributed by atoms with Crippen molar-refractivity contribution in [2.75, 3.05) is 31.5 Å². The molecule has 0 fully saturated rings. The number of rotatable bonds is 10. The zero-order valence-corrected chi connectivity index (χ0v) is 20.4. The van der Waals surface area contributed by atoms with Crippen molar-refractivity contribution in [3.05, 3.63) is 42.0 Å². The van der Waals surface area contributed by atoms with Gasteiger partial charge in [0, 0.05) is 17.7 Å². The lowest BCUT2D eigenvalue weighted by Gasteiger charge is -2.20. The number of nitrogens with one attached hydrogen (secondary N) is 2. The summed E-state index contributed by atoms with van der Waals surface area (Å²) in [6, 6.07) is 9.87. The number of carbonyl (C=O) groups excluding carboxylic acids is 3. The van der Waals surface area contributed by atoms with Gasteiger partial charge in [-0.1, -0.05) is 0 Å². The first kappa shape index (κ1) is 26.5. The summed E-state index contributed by atoms with van der Waals surface area (Å²) < 4.78 is 21.5. The van der Waals surface area contributed by atoms with Crippen molar-refractivity contribution in [1.82, 2.24) is 0 Å². The van der Waals surface area contributed by atoms with Crippen molar-refractivity contribution in [2.24, 2.45) is 0 Å². The van der Waals surface area contributed by atoms with E-state index >= 15 is 0 Å². The SMILES string of the molecule is COc1ccc(NC(=O)CCCOc2ccc(C(C)=O)cc2OC)cc1NC(=O)OC(C)(C)C. The van der Waals surface area contributed by atoms with Crippen LogP contribution in [0.3, 0.4) is 0 Å². The van der Waals surface area contributed by atoms with E-state index < -0.39 is 11.7 Å². The van der Waals surface area contributed by atoms with E-state index in [2.05, 4.69) is 10.6 Å². The number of hydrogen-bond acceptors (Lipinski definition) is 7. The van der Waals surface area contributed by atoms with Gasteiger partial charge in [0.15, 0.2) is 17.3 Å². The third kappa shape index (κ3) is 8.31. The van der Waals surface area contributed by atoms with Gasteiger partial charge in [0.2, 0.25) is 5.91 Å². The maximum absolute atomic E-state index is 12.4. The van der Waals surface area contributed by atoms with E-state index in [1.54, 1.807) is 57.2 Å². The molecule has 0 radical (unpaired) electrons. The van der Waals surface area contributed by atoms with Gasteiger partial charge >= 0.3 is 6.09 Å². The van der Waals surface area contributed by atoms with E-state index in [-0.39, 0.29) is 24.7 Å². The van der Waals surface area contributed by atoms with Crippen molar-refractivity contribution in [2.45, 2.75) is 46.1 Å². The molecule has 2 rings (SSSR count). The summed E-state index contributed by atoms with van der Waals surface area (Å²) >= 11 is 0. The van der Waals surface area contributed by atoms with Gasteiger partial charge in [-0.25, -0.2) is 4.79 Å². The minimum atomic E-state index is -0.648. The maximum Gasteiger partial charge on any atom is 0.412 e. The molecular formula is C25H32N2O7. The summed E-state index contributed by atoms with van der Waals surface area (Å²) in [6.07, 6.45) is 0.0512. The zero-order valence-electron chi connectivity index (χ0n) is 20.4. The predicted molar refractivity (Wildman–Crippen MR) is 129 cm³/mol. The Kier molecular flexibility index (Phi) is 9.29. The molecule has 2 amide bonds. The lowest BCUT2D eigenvalue weighted by atomic mass is 10.1. The number of ketones is 1. The van der Waals surface area contributed by atoms with Crippen LogP contribution in [0.25, 0.3) is 0 Å². The highest BCUT2D eigenvalue weighted by Gasteiger charge is 2.18. The van der Waals surface area contributed by atoms with Gasteiger partial charge in [-0.2, -0.15) is 0 Å². The van der Waals surface area contributed by atoms with E-state index in [4.69, 9.17) is 18.9 Å². The Hall–Kier alpha value is -3.75. The minimum Gasteiger partial charge on any atom is -0.495 e. The number of amides is 2. The van der Waals surface area contributed by atoms with Crippen LogP contribution in [0.1, 0.15) is 50.9 Å². The van der Waals surface area contributed by atoms with Gasteiger partial charge in [-0.15, -0.1) is 0 Å². The molecule has 2 aromatic rings. The van der Waals surface area contributed by atoms with Crippen LogP contribution in [-0.4, -0.2) is 44.2 Å². The highest BCUT2D eigenvalue weighted by molar-refractivity contribution is 5.95. The molecule has 0 aliphatic heterocycles. The van der Waals surface area contributed by atoms with Crippen molar-refractivity contribution in [3.8, 4) is 17.2 Å². The third-order valence-electron chi connectivity index (χ3n) is 4.49. The number of anilines is 2. The number of ether oxygens (including phenoxy) is 4. The normalized spacial score (nSPS) is 10.8. The number of methoxy groups -OCH3 is 2. The highest BCUT2D eigenvalue weighted by atomic mass is 16.6. The first-order valence-electron chi connectivity index (χ1n) is 10.8. The van der Waals surface area contributed by atoms with Crippen LogP contribution in [0.5, 0.6) is 17.2 Å². The van der Waals surface area contributed by atoms with Crippen LogP contribution in [0.4, 0.5) is 16.2 Å². The van der Waals surface area contributed by atoms with E-state index in [1.165, 1.54) is 21.1 Å². The van der Waals surface area contributed by atoms with E-state index in [1.807, 2.05) is 0 Å². The van der Waals surface area contributed by atoms with E-state index in [9.17, 15) is 14.4 Å². The largest absolute Gasteiger partial charge is 0.495 e. The monoisotopic (exact) mass is 472 g/mol.